The van der Waals surface area contributed by atoms with Gasteiger partial charge in [0.05, 0.1) is 6.20 Å². The Kier molecular flexibility index (Phi) is 7.94. The monoisotopic (exact) mass is 351 g/mol. The molecular formula is C16H22ClN5O2. The van der Waals surface area contributed by atoms with Gasteiger partial charge in [0, 0.05) is 37.5 Å². The van der Waals surface area contributed by atoms with E-state index in [1.165, 1.54) is 0 Å². The fourth-order valence-electron chi connectivity index (χ4n) is 2.18. The molecule has 1 aromatic heterocycles. The predicted molar refractivity (Wildman–Crippen MR) is 95.0 cm³/mol. The van der Waals surface area contributed by atoms with Crippen LogP contribution in [0.1, 0.15) is 18.0 Å². The lowest BCUT2D eigenvalue weighted by Crippen LogP contribution is -2.37. The molecule has 0 fully saturated rings. The number of anilines is 1. The zero-order valence-corrected chi connectivity index (χ0v) is 14.5. The van der Waals surface area contributed by atoms with E-state index in [1.54, 1.807) is 31.2 Å². The van der Waals surface area contributed by atoms with E-state index in [4.69, 9.17) is 0 Å². The van der Waals surface area contributed by atoms with Crippen molar-refractivity contribution >= 4 is 29.9 Å². The van der Waals surface area contributed by atoms with E-state index in [2.05, 4.69) is 21.0 Å². The smallest absolute Gasteiger partial charge is 0.241 e. The number of hydrogen-bond donors (Lipinski definition) is 3. The number of aryl methyl sites for hydroxylation is 1. The van der Waals surface area contributed by atoms with Gasteiger partial charge >= 0.3 is 0 Å². The lowest BCUT2D eigenvalue weighted by Gasteiger charge is -2.14. The van der Waals surface area contributed by atoms with Gasteiger partial charge in [0.2, 0.25) is 11.8 Å². The first-order valence-electron chi connectivity index (χ1n) is 7.38. The zero-order chi connectivity index (χ0) is 16.7. The fraction of sp³-hybridized carbons (Fsp3) is 0.312. The summed E-state index contributed by atoms with van der Waals surface area (Å²) in [5.74, 6) is -0.327. The Morgan fingerprint density at radius 2 is 1.96 bits per heavy atom. The van der Waals surface area contributed by atoms with Crippen LogP contribution in [0.3, 0.4) is 0 Å². The summed E-state index contributed by atoms with van der Waals surface area (Å²) in [5.41, 5.74) is 1.52. The summed E-state index contributed by atoms with van der Waals surface area (Å²) in [6, 6.07) is 8.73. The van der Waals surface area contributed by atoms with Gasteiger partial charge in [-0.1, -0.05) is 18.2 Å². The molecule has 2 aromatic rings. The third-order valence-electron chi connectivity index (χ3n) is 3.32. The maximum absolute atomic E-state index is 12.2. The average molecular weight is 352 g/mol. The first kappa shape index (κ1) is 19.7. The van der Waals surface area contributed by atoms with Crippen molar-refractivity contribution in [2.45, 2.75) is 12.5 Å². The standard InChI is InChI=1S/C16H21N5O2.ClH/c1-17-15(12-10-19-21(2)11-12)16(23)18-9-8-14(22)20-13-6-4-3-5-7-13;/h3-7,10-11,15,17H,8-9H2,1-2H3,(H,18,23)(H,20,22);1H. The fourth-order valence-corrected chi connectivity index (χ4v) is 2.18. The predicted octanol–water partition coefficient (Wildman–Crippen LogP) is 1.25. The molecule has 2 amide bonds. The molecule has 0 aliphatic heterocycles. The van der Waals surface area contributed by atoms with Gasteiger partial charge in [0.15, 0.2) is 0 Å². The second-order valence-electron chi connectivity index (χ2n) is 5.12. The number of nitrogens with zero attached hydrogens (tertiary/aromatic N) is 2. The molecular weight excluding hydrogens is 330 g/mol. The number of hydrogen-bond acceptors (Lipinski definition) is 4. The van der Waals surface area contributed by atoms with Crippen LogP contribution in [0.25, 0.3) is 0 Å². The number of benzene rings is 1. The van der Waals surface area contributed by atoms with Gasteiger partial charge in [0.1, 0.15) is 6.04 Å². The summed E-state index contributed by atoms with van der Waals surface area (Å²) >= 11 is 0. The van der Waals surface area contributed by atoms with Gasteiger partial charge in [-0.25, -0.2) is 0 Å². The van der Waals surface area contributed by atoms with Crippen molar-refractivity contribution in [3.8, 4) is 0 Å². The average Bonchev–Trinajstić information content (AvgIpc) is 2.95. The second kappa shape index (κ2) is 9.69. The Balaban J connectivity index is 0.00000288. The van der Waals surface area contributed by atoms with Gasteiger partial charge in [-0.2, -0.15) is 5.10 Å². The Hall–Kier alpha value is -2.38. The molecule has 24 heavy (non-hydrogen) atoms. The lowest BCUT2D eigenvalue weighted by atomic mass is 10.1. The van der Waals surface area contributed by atoms with Crippen molar-refractivity contribution < 1.29 is 9.59 Å². The molecule has 2 rings (SSSR count). The SMILES string of the molecule is CNC(C(=O)NCCC(=O)Nc1ccccc1)c1cnn(C)c1.Cl. The number of rotatable bonds is 7. The summed E-state index contributed by atoms with van der Waals surface area (Å²) in [7, 11) is 3.50. The number of carbonyl (C=O) groups excluding carboxylic acids is 2. The summed E-state index contributed by atoms with van der Waals surface area (Å²) in [6.07, 6.45) is 3.63. The Bertz CT molecular complexity index is 659. The Morgan fingerprint density at radius 3 is 2.54 bits per heavy atom. The molecule has 130 valence electrons. The van der Waals surface area contributed by atoms with Gasteiger partial charge in [-0.05, 0) is 19.2 Å². The lowest BCUT2D eigenvalue weighted by molar-refractivity contribution is -0.123. The van der Waals surface area contributed by atoms with Crippen molar-refractivity contribution in [3.05, 3.63) is 48.3 Å². The molecule has 1 heterocycles. The normalized spacial score (nSPS) is 11.2. The number of halogens is 1. The van der Waals surface area contributed by atoms with E-state index in [9.17, 15) is 9.59 Å². The quantitative estimate of drug-likeness (QED) is 0.700. The number of amides is 2. The molecule has 0 saturated carbocycles. The summed E-state index contributed by atoms with van der Waals surface area (Å²) in [4.78, 5) is 24.0. The highest BCUT2D eigenvalue weighted by Crippen LogP contribution is 2.11. The van der Waals surface area contributed by atoms with Gasteiger partial charge in [-0.3, -0.25) is 14.3 Å². The van der Waals surface area contributed by atoms with Crippen LogP contribution in [-0.2, 0) is 16.6 Å². The van der Waals surface area contributed by atoms with Crippen LogP contribution in [0.2, 0.25) is 0 Å². The maximum Gasteiger partial charge on any atom is 0.241 e. The van der Waals surface area contributed by atoms with Crippen LogP contribution in [0.5, 0.6) is 0 Å². The van der Waals surface area contributed by atoms with Crippen LogP contribution >= 0.6 is 12.4 Å². The van der Waals surface area contributed by atoms with Crippen molar-refractivity contribution in [2.75, 3.05) is 18.9 Å². The molecule has 7 nitrogen and oxygen atoms in total. The minimum atomic E-state index is -0.485. The summed E-state index contributed by atoms with van der Waals surface area (Å²) < 4.78 is 1.64. The van der Waals surface area contributed by atoms with E-state index in [-0.39, 0.29) is 37.2 Å². The van der Waals surface area contributed by atoms with E-state index in [0.29, 0.717) is 0 Å². The Labute approximate surface area is 147 Å². The van der Waals surface area contributed by atoms with E-state index >= 15 is 0 Å². The molecule has 0 saturated heterocycles. The largest absolute Gasteiger partial charge is 0.354 e. The minimum absolute atomic E-state index is 0. The number of likely N-dealkylation sites (N-methyl/N-ethyl adjacent to an activating group) is 1. The van der Waals surface area contributed by atoms with Crippen molar-refractivity contribution in [2.24, 2.45) is 7.05 Å². The first-order valence-corrected chi connectivity index (χ1v) is 7.38. The summed E-state index contributed by atoms with van der Waals surface area (Å²) in [5, 5.41) is 12.5. The number of aromatic nitrogens is 2. The van der Waals surface area contributed by atoms with Crippen LogP contribution in [0.15, 0.2) is 42.7 Å². The van der Waals surface area contributed by atoms with Crippen LogP contribution in [-0.4, -0.2) is 35.2 Å². The number of nitrogens with one attached hydrogen (secondary N) is 3. The molecule has 1 unspecified atom stereocenters. The molecule has 0 aliphatic rings. The van der Waals surface area contributed by atoms with Crippen molar-refractivity contribution in [3.63, 3.8) is 0 Å². The van der Waals surface area contributed by atoms with E-state index < -0.39 is 6.04 Å². The van der Waals surface area contributed by atoms with Gasteiger partial charge in [-0.15, -0.1) is 12.4 Å². The van der Waals surface area contributed by atoms with Crippen LogP contribution in [0.4, 0.5) is 5.69 Å². The van der Waals surface area contributed by atoms with Crippen LogP contribution < -0.4 is 16.0 Å². The molecule has 0 aliphatic carbocycles. The number of para-hydroxylation sites is 1. The maximum atomic E-state index is 12.2. The summed E-state index contributed by atoms with van der Waals surface area (Å²) in [6.45, 7) is 0.274. The zero-order valence-electron chi connectivity index (χ0n) is 13.7. The molecule has 8 heteroatoms. The highest BCUT2D eigenvalue weighted by atomic mass is 35.5. The number of carbonyl (C=O) groups is 2. The van der Waals surface area contributed by atoms with Gasteiger partial charge < -0.3 is 16.0 Å². The first-order chi connectivity index (χ1) is 11.1. The minimum Gasteiger partial charge on any atom is -0.354 e. The van der Waals surface area contributed by atoms with Gasteiger partial charge in [0.25, 0.3) is 0 Å². The highest BCUT2D eigenvalue weighted by Gasteiger charge is 2.19. The molecule has 1 atom stereocenters. The second-order valence-corrected chi connectivity index (χ2v) is 5.12. The van der Waals surface area contributed by atoms with E-state index in [1.807, 2.05) is 30.3 Å². The van der Waals surface area contributed by atoms with E-state index in [0.717, 1.165) is 11.3 Å². The molecule has 0 spiro atoms. The van der Waals surface area contributed by atoms with Crippen LogP contribution in [0, 0.1) is 0 Å². The van der Waals surface area contributed by atoms with Crippen molar-refractivity contribution in [1.82, 2.24) is 20.4 Å². The third-order valence-corrected chi connectivity index (χ3v) is 3.32. The van der Waals surface area contributed by atoms with Crippen molar-refractivity contribution in [1.29, 1.82) is 0 Å². The third kappa shape index (κ3) is 5.68. The molecule has 0 bridgehead atoms. The molecule has 3 N–H and O–H groups in total. The highest BCUT2D eigenvalue weighted by molar-refractivity contribution is 5.91. The topological polar surface area (TPSA) is 88.1 Å². The molecule has 1 aromatic carbocycles. The molecule has 0 radical (unpaired) electrons. The Morgan fingerprint density at radius 1 is 1.25 bits per heavy atom.